The normalized spacial score (nSPS) is 39.4. The number of aliphatic hydroxyl groups is 1. The molecule has 0 aromatic heterocycles. The number of likely N-dealkylation sites (N-methyl/N-ethyl adjacent to an activating group) is 1. The van der Waals surface area contributed by atoms with Crippen LogP contribution in [0.15, 0.2) is 0 Å². The molecule has 44 heavy (non-hydrogen) atoms. The molecule has 3 heterocycles. The van der Waals surface area contributed by atoms with Crippen molar-refractivity contribution < 1.29 is 24.1 Å². The van der Waals surface area contributed by atoms with E-state index in [0.29, 0.717) is 55.7 Å². The summed E-state index contributed by atoms with van der Waals surface area (Å²) in [7, 11) is 3.75. The fraction of sp³-hybridized carbons (Fsp3) is 0.969. The molecule has 1 spiro atoms. The molecule has 6 rings (SSSR count). The number of carbonyl (C=O) groups excluding carboxylic acids is 1. The zero-order chi connectivity index (χ0) is 30.7. The van der Waals surface area contributed by atoms with Gasteiger partial charge in [-0.3, -0.25) is 31.0 Å². The van der Waals surface area contributed by atoms with Crippen LogP contribution in [0.1, 0.15) is 71.1 Å². The molecule has 6 aliphatic rings. The summed E-state index contributed by atoms with van der Waals surface area (Å²) in [6, 6.07) is 0.505. The minimum atomic E-state index is -0.619. The smallest absolute Gasteiger partial charge is 0.237 e. The summed E-state index contributed by atoms with van der Waals surface area (Å²) in [5.74, 6) is 1.10. The number of amides is 1. The predicted molar refractivity (Wildman–Crippen MR) is 168 cm³/mol. The molecule has 3 saturated carbocycles. The second-order valence-corrected chi connectivity index (χ2v) is 14.9. The third kappa shape index (κ3) is 7.95. The van der Waals surface area contributed by atoms with Gasteiger partial charge in [-0.1, -0.05) is 6.42 Å². The molecule has 12 heteroatoms. The number of fused-ring (bicyclic) bond motifs is 1. The van der Waals surface area contributed by atoms with Gasteiger partial charge in [-0.2, -0.15) is 0 Å². The maximum atomic E-state index is 13.5. The van der Waals surface area contributed by atoms with E-state index < -0.39 is 6.10 Å². The van der Waals surface area contributed by atoms with E-state index in [4.69, 9.17) is 14.2 Å². The summed E-state index contributed by atoms with van der Waals surface area (Å²) in [6.07, 6.45) is 11.2. The van der Waals surface area contributed by atoms with Crippen LogP contribution in [0.4, 0.5) is 0 Å². The molecular formula is C32H59N7O5. The fourth-order valence-corrected chi connectivity index (χ4v) is 8.65. The molecule has 3 aliphatic heterocycles. The molecule has 0 aromatic carbocycles. The fourth-order valence-electron chi connectivity index (χ4n) is 8.65. The van der Waals surface area contributed by atoms with Crippen molar-refractivity contribution in [2.75, 3.05) is 53.7 Å². The minimum absolute atomic E-state index is 0.00593. The van der Waals surface area contributed by atoms with Crippen LogP contribution < -0.4 is 31.9 Å². The zero-order valence-corrected chi connectivity index (χ0v) is 27.2. The van der Waals surface area contributed by atoms with E-state index in [1.807, 2.05) is 7.05 Å². The standard InChI is InChI=1S/C32H59N7O5/c1-20-28(44-19-35-20)18-43-24-6-5-21-12-25(33-16-22(21)11-24)27(40)17-34-30(41)26-13-29(36-23-14-32(15-23)7-4-8-32)38-31(37-26)39(2)9-10-42-3/h20-29,31,33,35-38,40H,4-19H2,1-3H3,(H,34,41)/t20?,21?,22?,24?,25-,26?,27+,28?,29?,31?/m0/s1. The molecule has 1 amide bonds. The average molecular weight is 622 g/mol. The van der Waals surface area contributed by atoms with Crippen LogP contribution in [-0.4, -0.2) is 125 Å². The van der Waals surface area contributed by atoms with Crippen molar-refractivity contribution in [2.24, 2.45) is 17.3 Å². The van der Waals surface area contributed by atoms with Crippen LogP contribution in [0.3, 0.4) is 0 Å². The Hall–Kier alpha value is -0.930. The topological polar surface area (TPSA) is 140 Å². The summed E-state index contributed by atoms with van der Waals surface area (Å²) in [4.78, 5) is 15.6. The zero-order valence-electron chi connectivity index (χ0n) is 27.2. The van der Waals surface area contributed by atoms with E-state index in [2.05, 4.69) is 43.7 Å². The second kappa shape index (κ2) is 14.9. The Kier molecular flexibility index (Phi) is 11.2. The Bertz CT molecular complexity index is 935. The number of carbonyl (C=O) groups is 1. The molecule has 3 saturated heterocycles. The molecule has 0 aromatic rings. The highest BCUT2D eigenvalue weighted by Gasteiger charge is 2.49. The van der Waals surface area contributed by atoms with E-state index >= 15 is 0 Å². The van der Waals surface area contributed by atoms with Crippen molar-refractivity contribution in [3.05, 3.63) is 0 Å². The molecule has 252 valence electrons. The number of hydrogen-bond donors (Lipinski definition) is 7. The van der Waals surface area contributed by atoms with Gasteiger partial charge in [0, 0.05) is 44.7 Å². The highest BCUT2D eigenvalue weighted by molar-refractivity contribution is 5.82. The number of ether oxygens (including phenoxy) is 3. The molecule has 0 bridgehead atoms. The number of nitrogens with one attached hydrogen (secondary N) is 6. The number of methoxy groups -OCH3 is 1. The molecule has 7 N–H and O–H groups in total. The lowest BCUT2D eigenvalue weighted by molar-refractivity contribution is -0.126. The highest BCUT2D eigenvalue weighted by Crippen LogP contribution is 2.55. The van der Waals surface area contributed by atoms with Crippen LogP contribution in [0.25, 0.3) is 0 Å². The molecular weight excluding hydrogens is 562 g/mol. The van der Waals surface area contributed by atoms with E-state index in [1.165, 1.54) is 32.1 Å². The van der Waals surface area contributed by atoms with Gasteiger partial charge in [-0.05, 0) is 89.1 Å². The van der Waals surface area contributed by atoms with Crippen molar-refractivity contribution in [1.29, 1.82) is 0 Å². The van der Waals surface area contributed by atoms with Crippen LogP contribution >= 0.6 is 0 Å². The van der Waals surface area contributed by atoms with Crippen molar-refractivity contribution in [3.8, 4) is 0 Å². The lowest BCUT2D eigenvalue weighted by Crippen LogP contribution is -2.71. The Morgan fingerprint density at radius 3 is 2.70 bits per heavy atom. The Morgan fingerprint density at radius 2 is 1.98 bits per heavy atom. The van der Waals surface area contributed by atoms with Crippen molar-refractivity contribution >= 4 is 5.91 Å². The van der Waals surface area contributed by atoms with Gasteiger partial charge in [0.2, 0.25) is 5.91 Å². The van der Waals surface area contributed by atoms with Gasteiger partial charge in [0.1, 0.15) is 6.29 Å². The number of nitrogens with zero attached hydrogens (tertiary/aromatic N) is 1. The summed E-state index contributed by atoms with van der Waals surface area (Å²) in [5.41, 5.74) is 0.605. The van der Waals surface area contributed by atoms with Crippen LogP contribution in [0.2, 0.25) is 0 Å². The van der Waals surface area contributed by atoms with E-state index in [0.717, 1.165) is 38.8 Å². The Morgan fingerprint density at radius 1 is 1.14 bits per heavy atom. The predicted octanol–water partition coefficient (Wildman–Crippen LogP) is 0.0230. The van der Waals surface area contributed by atoms with Gasteiger partial charge >= 0.3 is 0 Å². The monoisotopic (exact) mass is 621 g/mol. The van der Waals surface area contributed by atoms with E-state index in [-0.39, 0.29) is 49.2 Å². The molecule has 12 nitrogen and oxygen atoms in total. The Balaban J connectivity index is 0.941. The van der Waals surface area contributed by atoms with Gasteiger partial charge in [0.15, 0.2) is 0 Å². The number of hydrogen-bond acceptors (Lipinski definition) is 11. The first-order chi connectivity index (χ1) is 21.3. The van der Waals surface area contributed by atoms with Crippen LogP contribution in [-0.2, 0) is 19.0 Å². The number of aliphatic hydroxyl groups excluding tert-OH is 1. The lowest BCUT2D eigenvalue weighted by atomic mass is 9.54. The average Bonchev–Trinajstić information content (AvgIpc) is 3.41. The van der Waals surface area contributed by atoms with Gasteiger partial charge in [-0.25, -0.2) is 0 Å². The van der Waals surface area contributed by atoms with Gasteiger partial charge in [0.25, 0.3) is 0 Å². The maximum absolute atomic E-state index is 13.5. The highest BCUT2D eigenvalue weighted by atomic mass is 16.5. The third-order valence-corrected chi connectivity index (χ3v) is 11.8. The Labute approximate surface area is 263 Å². The third-order valence-electron chi connectivity index (χ3n) is 11.8. The van der Waals surface area contributed by atoms with E-state index in [9.17, 15) is 9.90 Å². The van der Waals surface area contributed by atoms with Crippen molar-refractivity contribution in [1.82, 2.24) is 36.8 Å². The van der Waals surface area contributed by atoms with Gasteiger partial charge in [-0.15, -0.1) is 0 Å². The first kappa shape index (κ1) is 33.0. The van der Waals surface area contributed by atoms with Gasteiger partial charge < -0.3 is 30.0 Å². The summed E-state index contributed by atoms with van der Waals surface area (Å²) < 4.78 is 17.3. The number of piperidine rings is 1. The SMILES string of the molecule is COCCN(C)C1NC(NC2CC3(CCC3)C2)CC(C(=O)NC[C@@H](O)[C@@H]2CC3CCC(OCC4OCNC4C)CC3CN2)N1. The molecule has 3 aliphatic carbocycles. The number of rotatable bonds is 13. The van der Waals surface area contributed by atoms with Crippen LogP contribution in [0, 0.1) is 17.3 Å². The first-order valence-corrected chi connectivity index (χ1v) is 17.4. The second-order valence-electron chi connectivity index (χ2n) is 14.9. The lowest BCUT2D eigenvalue weighted by Gasteiger charge is -2.55. The van der Waals surface area contributed by atoms with Crippen molar-refractivity contribution in [3.63, 3.8) is 0 Å². The quantitative estimate of drug-likeness (QED) is 0.150. The first-order valence-electron chi connectivity index (χ1n) is 17.4. The largest absolute Gasteiger partial charge is 0.390 e. The molecule has 10 atom stereocenters. The van der Waals surface area contributed by atoms with Crippen molar-refractivity contribution in [2.45, 2.75) is 126 Å². The molecule has 8 unspecified atom stereocenters. The van der Waals surface area contributed by atoms with Crippen LogP contribution in [0.5, 0.6) is 0 Å². The maximum Gasteiger partial charge on any atom is 0.237 e. The summed E-state index contributed by atoms with van der Waals surface area (Å²) in [5, 5.41) is 32.1. The summed E-state index contributed by atoms with van der Waals surface area (Å²) >= 11 is 0. The minimum Gasteiger partial charge on any atom is -0.390 e. The molecule has 0 radical (unpaired) electrons. The molecule has 6 fully saturated rings. The summed E-state index contributed by atoms with van der Waals surface area (Å²) in [6.45, 7) is 5.93. The van der Waals surface area contributed by atoms with Gasteiger partial charge in [0.05, 0.1) is 50.5 Å². The van der Waals surface area contributed by atoms with E-state index in [1.54, 1.807) is 7.11 Å².